The van der Waals surface area contributed by atoms with Gasteiger partial charge >= 0.3 is 5.63 Å². The van der Waals surface area contributed by atoms with Gasteiger partial charge in [0.15, 0.2) is 11.2 Å². The first-order valence-electron chi connectivity index (χ1n) is 8.64. The van der Waals surface area contributed by atoms with Crippen LogP contribution in [0.3, 0.4) is 0 Å². The van der Waals surface area contributed by atoms with Gasteiger partial charge in [0, 0.05) is 18.3 Å². The molecule has 0 fully saturated rings. The number of likely N-dealkylation sites (N-methyl/N-ethyl adjacent to an activating group) is 1. The van der Waals surface area contributed by atoms with Gasteiger partial charge in [0.05, 0.1) is 5.39 Å². The SMILES string of the molecule is CN1C(=O)[C@]2(C(C#N)=C(N)Oc3c2c(=O)oc2ccccc32)c2cc(F)ccc21. The van der Waals surface area contributed by atoms with Crippen LogP contribution in [-0.2, 0) is 10.2 Å². The Morgan fingerprint density at radius 3 is 2.72 bits per heavy atom. The van der Waals surface area contributed by atoms with Gasteiger partial charge in [-0.25, -0.2) is 9.18 Å². The molecular formula is C21H12FN3O4. The van der Waals surface area contributed by atoms with Crippen molar-refractivity contribution in [3.8, 4) is 11.8 Å². The molecule has 1 atom stereocenters. The van der Waals surface area contributed by atoms with Gasteiger partial charge in [-0.15, -0.1) is 0 Å². The molecule has 8 heteroatoms. The number of halogens is 1. The molecule has 2 aliphatic heterocycles. The zero-order valence-electron chi connectivity index (χ0n) is 15.0. The molecule has 29 heavy (non-hydrogen) atoms. The standard InChI is InChI=1S/C21H12FN3O4/c1-25-14-7-6-10(22)8-12(14)21(20(25)27)13(9-23)18(24)29-17-11-4-2-3-5-15(11)28-19(26)16(17)21/h2-8H,24H2,1H3/t21-/m0/s1. The van der Waals surface area contributed by atoms with E-state index in [1.807, 2.05) is 6.07 Å². The summed E-state index contributed by atoms with van der Waals surface area (Å²) in [5.74, 6) is -1.55. The minimum atomic E-state index is -1.96. The third-order valence-corrected chi connectivity index (χ3v) is 5.44. The molecular weight excluding hydrogens is 377 g/mol. The van der Waals surface area contributed by atoms with E-state index in [0.717, 1.165) is 6.07 Å². The molecule has 3 aromatic rings. The number of benzene rings is 2. The van der Waals surface area contributed by atoms with Crippen LogP contribution in [0.2, 0.25) is 0 Å². The second-order valence-electron chi connectivity index (χ2n) is 6.82. The Hall–Kier alpha value is -4.12. The fourth-order valence-electron chi connectivity index (χ4n) is 4.22. The molecule has 5 rings (SSSR count). The van der Waals surface area contributed by atoms with Crippen LogP contribution in [0.1, 0.15) is 11.1 Å². The lowest BCUT2D eigenvalue weighted by Gasteiger charge is -2.33. The third-order valence-electron chi connectivity index (χ3n) is 5.44. The molecule has 3 heterocycles. The normalized spacial score (nSPS) is 19.9. The van der Waals surface area contributed by atoms with E-state index in [-0.39, 0.29) is 33.9 Å². The summed E-state index contributed by atoms with van der Waals surface area (Å²) >= 11 is 0. The zero-order valence-corrected chi connectivity index (χ0v) is 15.0. The van der Waals surface area contributed by atoms with Gasteiger partial charge < -0.3 is 19.8 Å². The molecule has 0 unspecified atom stereocenters. The second-order valence-corrected chi connectivity index (χ2v) is 6.82. The average Bonchev–Trinajstić information content (AvgIpc) is 2.90. The van der Waals surface area contributed by atoms with Crippen molar-refractivity contribution in [3.63, 3.8) is 0 Å². The highest BCUT2D eigenvalue weighted by atomic mass is 19.1. The Morgan fingerprint density at radius 2 is 1.97 bits per heavy atom. The Balaban J connectivity index is 2.04. The van der Waals surface area contributed by atoms with E-state index in [2.05, 4.69) is 0 Å². The van der Waals surface area contributed by atoms with Crippen LogP contribution in [0, 0.1) is 17.1 Å². The number of amides is 1. The van der Waals surface area contributed by atoms with Crippen LogP contribution in [-0.4, -0.2) is 13.0 Å². The number of nitrogens with two attached hydrogens (primary N) is 1. The number of fused-ring (bicyclic) bond motifs is 6. The van der Waals surface area contributed by atoms with E-state index < -0.39 is 22.8 Å². The smallest absolute Gasteiger partial charge is 0.345 e. The van der Waals surface area contributed by atoms with Crippen molar-refractivity contribution in [2.75, 3.05) is 11.9 Å². The fraction of sp³-hybridized carbons (Fsp3) is 0.0952. The van der Waals surface area contributed by atoms with Crippen LogP contribution < -0.4 is 21.0 Å². The van der Waals surface area contributed by atoms with Gasteiger partial charge in [-0.1, -0.05) is 12.1 Å². The average molecular weight is 389 g/mol. The maximum Gasteiger partial charge on any atom is 0.345 e. The molecule has 0 radical (unpaired) electrons. The Morgan fingerprint density at radius 1 is 1.21 bits per heavy atom. The first kappa shape index (κ1) is 17.0. The van der Waals surface area contributed by atoms with Crippen LogP contribution >= 0.6 is 0 Å². The summed E-state index contributed by atoms with van der Waals surface area (Å²) in [6, 6.07) is 12.2. The highest BCUT2D eigenvalue weighted by molar-refractivity contribution is 6.14. The largest absolute Gasteiger partial charge is 0.439 e. The number of nitriles is 1. The summed E-state index contributed by atoms with van der Waals surface area (Å²) in [5.41, 5.74) is 3.48. The van der Waals surface area contributed by atoms with Gasteiger partial charge in [0.25, 0.3) is 0 Å². The van der Waals surface area contributed by atoms with Crippen molar-refractivity contribution >= 4 is 22.6 Å². The number of ether oxygens (including phenoxy) is 1. The van der Waals surface area contributed by atoms with Crippen LogP contribution in [0.4, 0.5) is 10.1 Å². The molecule has 0 saturated carbocycles. The van der Waals surface area contributed by atoms with Gasteiger partial charge in [0.1, 0.15) is 28.6 Å². The number of carbonyl (C=O) groups excluding carboxylic acids is 1. The number of rotatable bonds is 0. The summed E-state index contributed by atoms with van der Waals surface area (Å²) in [4.78, 5) is 27.9. The molecule has 7 nitrogen and oxygen atoms in total. The molecule has 2 aromatic carbocycles. The number of anilines is 1. The molecule has 2 aliphatic rings. The number of carbonyl (C=O) groups is 1. The maximum atomic E-state index is 14.2. The highest BCUT2D eigenvalue weighted by Crippen LogP contribution is 2.54. The molecule has 0 bridgehead atoms. The van der Waals surface area contributed by atoms with E-state index in [1.165, 1.54) is 24.1 Å². The lowest BCUT2D eigenvalue weighted by Crippen LogP contribution is -2.47. The molecule has 2 N–H and O–H groups in total. The van der Waals surface area contributed by atoms with E-state index in [1.54, 1.807) is 24.3 Å². The number of nitrogens with zero attached hydrogens (tertiary/aromatic N) is 2. The van der Waals surface area contributed by atoms with E-state index in [9.17, 15) is 19.2 Å². The minimum Gasteiger partial charge on any atom is -0.439 e. The van der Waals surface area contributed by atoms with Crippen molar-refractivity contribution in [1.82, 2.24) is 0 Å². The Kier molecular flexibility index (Phi) is 3.20. The topological polar surface area (TPSA) is 110 Å². The monoisotopic (exact) mass is 389 g/mol. The van der Waals surface area contributed by atoms with Crippen LogP contribution in [0.15, 0.2) is 63.1 Å². The molecule has 1 amide bonds. The highest BCUT2D eigenvalue weighted by Gasteiger charge is 2.60. The van der Waals surface area contributed by atoms with Crippen LogP contribution in [0.25, 0.3) is 11.0 Å². The molecule has 0 saturated heterocycles. The molecule has 142 valence electrons. The summed E-state index contributed by atoms with van der Waals surface area (Å²) in [7, 11) is 1.48. The van der Waals surface area contributed by atoms with Crippen molar-refractivity contribution in [2.45, 2.75) is 5.41 Å². The number of hydrogen-bond acceptors (Lipinski definition) is 6. The minimum absolute atomic E-state index is 0.0206. The summed E-state index contributed by atoms with van der Waals surface area (Å²) in [6.45, 7) is 0. The van der Waals surface area contributed by atoms with Gasteiger partial charge in [-0.05, 0) is 30.3 Å². The predicted octanol–water partition coefficient (Wildman–Crippen LogP) is 2.28. The van der Waals surface area contributed by atoms with Crippen molar-refractivity contribution in [2.24, 2.45) is 5.73 Å². The Labute approximate surface area is 163 Å². The van der Waals surface area contributed by atoms with Crippen molar-refractivity contribution < 1.29 is 18.3 Å². The van der Waals surface area contributed by atoms with Gasteiger partial charge in [-0.2, -0.15) is 5.26 Å². The Bertz CT molecular complexity index is 1380. The first-order chi connectivity index (χ1) is 13.9. The predicted molar refractivity (Wildman–Crippen MR) is 101 cm³/mol. The molecule has 1 aromatic heterocycles. The zero-order chi connectivity index (χ0) is 20.5. The van der Waals surface area contributed by atoms with Crippen LogP contribution in [0.5, 0.6) is 5.75 Å². The van der Waals surface area contributed by atoms with Gasteiger partial charge in [-0.3, -0.25) is 4.79 Å². The van der Waals surface area contributed by atoms with E-state index >= 15 is 0 Å². The first-order valence-corrected chi connectivity index (χ1v) is 8.64. The maximum absolute atomic E-state index is 14.2. The number of hydrogen-bond donors (Lipinski definition) is 1. The molecule has 1 spiro atoms. The van der Waals surface area contributed by atoms with Crippen molar-refractivity contribution in [1.29, 1.82) is 5.26 Å². The van der Waals surface area contributed by atoms with Crippen molar-refractivity contribution in [3.05, 3.63) is 81.3 Å². The quantitative estimate of drug-likeness (QED) is 0.591. The summed E-state index contributed by atoms with van der Waals surface area (Å²) in [6.07, 6.45) is 0. The van der Waals surface area contributed by atoms with E-state index in [4.69, 9.17) is 14.9 Å². The van der Waals surface area contributed by atoms with E-state index in [0.29, 0.717) is 11.1 Å². The molecule has 0 aliphatic carbocycles. The summed E-state index contributed by atoms with van der Waals surface area (Å²) < 4.78 is 25.3. The summed E-state index contributed by atoms with van der Waals surface area (Å²) in [5, 5.41) is 10.3. The number of para-hydroxylation sites is 1. The fourth-order valence-corrected chi connectivity index (χ4v) is 4.22. The lowest BCUT2D eigenvalue weighted by molar-refractivity contribution is -0.120. The second kappa shape index (κ2) is 5.45. The lowest BCUT2D eigenvalue weighted by atomic mass is 9.69. The van der Waals surface area contributed by atoms with Gasteiger partial charge in [0.2, 0.25) is 11.8 Å². The third kappa shape index (κ3) is 1.88.